The van der Waals surface area contributed by atoms with E-state index in [1.807, 2.05) is 17.9 Å². The minimum Gasteiger partial charge on any atom is -0.297 e. The lowest BCUT2D eigenvalue weighted by Gasteiger charge is -2.31. The second kappa shape index (κ2) is 6.47. The third-order valence-corrected chi connectivity index (χ3v) is 5.36. The lowest BCUT2D eigenvalue weighted by molar-refractivity contribution is 0.160. The number of nitrogens with zero attached hydrogens (tertiary/aromatic N) is 6. The number of piperidine rings is 1. The predicted molar refractivity (Wildman–Crippen MR) is 89.5 cm³/mol. The molecule has 1 aliphatic heterocycles. The Balaban J connectivity index is 1.35. The van der Waals surface area contributed by atoms with Crippen LogP contribution in [0.3, 0.4) is 0 Å². The smallest absolute Gasteiger partial charge is 0.267 e. The minimum atomic E-state index is 0.0686. The number of rotatable bonds is 4. The molecule has 1 saturated heterocycles. The molecule has 4 rings (SSSR count). The quantitative estimate of drug-likeness (QED) is 0.829. The first-order valence-corrected chi connectivity index (χ1v) is 8.85. The van der Waals surface area contributed by atoms with Crippen molar-refractivity contribution in [3.05, 3.63) is 39.6 Å². The molecule has 3 heterocycles. The second-order valence-electron chi connectivity index (χ2n) is 7.06. The van der Waals surface area contributed by atoms with E-state index in [4.69, 9.17) is 0 Å². The summed E-state index contributed by atoms with van der Waals surface area (Å²) in [6, 6.07) is 1.81. The van der Waals surface area contributed by atoms with Crippen molar-refractivity contribution in [1.82, 2.24) is 29.7 Å². The molecule has 24 heavy (non-hydrogen) atoms. The van der Waals surface area contributed by atoms with Crippen LogP contribution in [0, 0.1) is 5.92 Å². The van der Waals surface area contributed by atoms with Crippen LogP contribution >= 0.6 is 0 Å². The van der Waals surface area contributed by atoms with Gasteiger partial charge in [-0.1, -0.05) is 5.21 Å². The Morgan fingerprint density at radius 2 is 2.08 bits per heavy atom. The van der Waals surface area contributed by atoms with Gasteiger partial charge >= 0.3 is 0 Å². The first-order valence-electron chi connectivity index (χ1n) is 8.85. The fourth-order valence-corrected chi connectivity index (χ4v) is 3.83. The summed E-state index contributed by atoms with van der Waals surface area (Å²) in [5, 5.41) is 12.5. The topological polar surface area (TPSA) is 68.8 Å². The summed E-state index contributed by atoms with van der Waals surface area (Å²) < 4.78 is 3.54. The molecule has 0 unspecified atom stereocenters. The zero-order chi connectivity index (χ0) is 16.5. The maximum absolute atomic E-state index is 12.2. The van der Waals surface area contributed by atoms with Crippen molar-refractivity contribution in [2.24, 2.45) is 13.0 Å². The van der Waals surface area contributed by atoms with Crippen LogP contribution in [-0.4, -0.2) is 42.8 Å². The first-order chi connectivity index (χ1) is 11.7. The van der Waals surface area contributed by atoms with Gasteiger partial charge in [0.1, 0.15) is 0 Å². The maximum Gasteiger partial charge on any atom is 0.267 e. The van der Waals surface area contributed by atoms with E-state index in [1.165, 1.54) is 0 Å². The number of fused-ring (bicyclic) bond motifs is 1. The Morgan fingerprint density at radius 3 is 2.83 bits per heavy atom. The lowest BCUT2D eigenvalue weighted by Crippen LogP contribution is -2.37. The van der Waals surface area contributed by atoms with Crippen LogP contribution in [0.4, 0.5) is 0 Å². The molecule has 2 aromatic rings. The molecule has 1 fully saturated rings. The van der Waals surface area contributed by atoms with E-state index in [0.717, 1.165) is 75.2 Å². The van der Waals surface area contributed by atoms with Gasteiger partial charge in [-0.15, -0.1) is 5.10 Å². The van der Waals surface area contributed by atoms with Gasteiger partial charge in [-0.05, 0) is 56.7 Å². The van der Waals surface area contributed by atoms with Crippen LogP contribution in [0.2, 0.25) is 0 Å². The van der Waals surface area contributed by atoms with Crippen molar-refractivity contribution in [3.8, 4) is 0 Å². The van der Waals surface area contributed by atoms with Gasteiger partial charge in [-0.2, -0.15) is 5.10 Å². The van der Waals surface area contributed by atoms with Crippen molar-refractivity contribution in [1.29, 1.82) is 0 Å². The van der Waals surface area contributed by atoms with E-state index in [9.17, 15) is 4.79 Å². The Kier molecular flexibility index (Phi) is 4.18. The van der Waals surface area contributed by atoms with Gasteiger partial charge in [0.15, 0.2) is 0 Å². The number of aryl methyl sites for hydroxylation is 3. The number of hydrogen-bond acceptors (Lipinski definition) is 5. The summed E-state index contributed by atoms with van der Waals surface area (Å²) in [7, 11) is 1.93. The summed E-state index contributed by atoms with van der Waals surface area (Å²) in [4.78, 5) is 14.7. The molecule has 2 aromatic heterocycles. The van der Waals surface area contributed by atoms with Crippen molar-refractivity contribution in [2.75, 3.05) is 13.1 Å². The van der Waals surface area contributed by atoms with Crippen LogP contribution in [0.5, 0.6) is 0 Å². The van der Waals surface area contributed by atoms with E-state index in [2.05, 4.69) is 20.3 Å². The monoisotopic (exact) mass is 328 g/mol. The Hall–Kier alpha value is -2.02. The van der Waals surface area contributed by atoms with E-state index in [-0.39, 0.29) is 5.56 Å². The van der Waals surface area contributed by atoms with Crippen molar-refractivity contribution in [2.45, 2.75) is 45.2 Å². The molecule has 0 atom stereocenters. The molecule has 128 valence electrons. The summed E-state index contributed by atoms with van der Waals surface area (Å²) in [6.45, 7) is 3.76. The molecule has 7 nitrogen and oxygen atoms in total. The molecule has 0 radical (unpaired) electrons. The highest BCUT2D eigenvalue weighted by Gasteiger charge is 2.22. The van der Waals surface area contributed by atoms with Crippen LogP contribution in [0.1, 0.15) is 36.2 Å². The maximum atomic E-state index is 12.2. The van der Waals surface area contributed by atoms with Gasteiger partial charge in [0.2, 0.25) is 0 Å². The first kappa shape index (κ1) is 15.5. The average Bonchev–Trinajstić information content (AvgIpc) is 3.18. The minimum absolute atomic E-state index is 0.0686. The lowest BCUT2D eigenvalue weighted by atomic mass is 9.96. The van der Waals surface area contributed by atoms with Crippen LogP contribution in [-0.2, 0) is 33.0 Å². The summed E-state index contributed by atoms with van der Waals surface area (Å²) >= 11 is 0. The highest BCUT2D eigenvalue weighted by Crippen LogP contribution is 2.21. The molecule has 0 N–H and O–H groups in total. The highest BCUT2D eigenvalue weighted by molar-refractivity contribution is 5.22. The molecule has 0 aromatic carbocycles. The Labute approximate surface area is 141 Å². The number of aromatic nitrogens is 5. The van der Waals surface area contributed by atoms with Crippen LogP contribution < -0.4 is 5.56 Å². The Morgan fingerprint density at radius 1 is 1.25 bits per heavy atom. The Bertz CT molecular complexity index is 772. The predicted octanol–water partition coefficient (Wildman–Crippen LogP) is 0.773. The SMILES string of the molecule is Cn1nncc1CN1CCC(Cn2nc3c(cc2=O)CCC3)CC1. The zero-order valence-electron chi connectivity index (χ0n) is 14.2. The van der Waals surface area contributed by atoms with Gasteiger partial charge in [0.05, 0.1) is 17.6 Å². The van der Waals surface area contributed by atoms with Crippen molar-refractivity contribution < 1.29 is 0 Å². The zero-order valence-corrected chi connectivity index (χ0v) is 14.2. The normalized spacial score (nSPS) is 18.9. The standard InChI is InChI=1S/C17H24N6O/c1-21-15(10-18-20-21)12-22-7-5-13(6-8-22)11-23-17(24)9-14-3-2-4-16(14)19-23/h9-10,13H,2-8,11-12H2,1H3. The molecule has 0 saturated carbocycles. The fourth-order valence-electron chi connectivity index (χ4n) is 3.83. The van der Waals surface area contributed by atoms with Crippen LogP contribution in [0.15, 0.2) is 17.1 Å². The molecule has 0 amide bonds. The summed E-state index contributed by atoms with van der Waals surface area (Å²) in [5.74, 6) is 0.538. The molecular weight excluding hydrogens is 304 g/mol. The molecular formula is C17H24N6O. The highest BCUT2D eigenvalue weighted by atomic mass is 16.1. The van der Waals surface area contributed by atoms with E-state index in [0.29, 0.717) is 5.92 Å². The van der Waals surface area contributed by atoms with E-state index >= 15 is 0 Å². The average molecular weight is 328 g/mol. The van der Waals surface area contributed by atoms with Crippen LogP contribution in [0.25, 0.3) is 0 Å². The largest absolute Gasteiger partial charge is 0.297 e. The van der Waals surface area contributed by atoms with Gasteiger partial charge in [-0.25, -0.2) is 4.68 Å². The molecule has 7 heteroatoms. The molecule has 0 spiro atoms. The molecule has 0 bridgehead atoms. The summed E-state index contributed by atoms with van der Waals surface area (Å²) in [6.07, 6.45) is 7.21. The third-order valence-electron chi connectivity index (χ3n) is 5.36. The number of likely N-dealkylation sites (tertiary alicyclic amines) is 1. The van der Waals surface area contributed by atoms with Gasteiger partial charge in [0.25, 0.3) is 5.56 Å². The fraction of sp³-hybridized carbons (Fsp3) is 0.647. The molecule has 1 aliphatic carbocycles. The third kappa shape index (κ3) is 3.13. The molecule has 2 aliphatic rings. The van der Waals surface area contributed by atoms with Gasteiger partial charge in [0, 0.05) is 26.2 Å². The second-order valence-corrected chi connectivity index (χ2v) is 7.06. The summed E-state index contributed by atoms with van der Waals surface area (Å²) in [5.41, 5.74) is 3.51. The van der Waals surface area contributed by atoms with E-state index in [1.54, 1.807) is 10.7 Å². The van der Waals surface area contributed by atoms with Crippen molar-refractivity contribution >= 4 is 0 Å². The van der Waals surface area contributed by atoms with E-state index < -0.39 is 0 Å². The van der Waals surface area contributed by atoms with Gasteiger partial charge < -0.3 is 0 Å². The number of hydrogen-bond donors (Lipinski definition) is 0. The van der Waals surface area contributed by atoms with Crippen molar-refractivity contribution in [3.63, 3.8) is 0 Å². The van der Waals surface area contributed by atoms with Gasteiger partial charge in [-0.3, -0.25) is 14.4 Å².